The number of para-hydroxylation sites is 2. The highest BCUT2D eigenvalue weighted by Gasteiger charge is 2.34. The summed E-state index contributed by atoms with van der Waals surface area (Å²) in [6, 6.07) is 26.5. The lowest BCUT2D eigenvalue weighted by Gasteiger charge is -2.22. The molecule has 0 amide bonds. The number of benzene rings is 2. The van der Waals surface area contributed by atoms with Crippen LogP contribution in [0.4, 0.5) is 17.3 Å². The van der Waals surface area contributed by atoms with Crippen LogP contribution < -0.4 is 4.90 Å². The molecular weight excluding hydrogens is 376 g/mol. The van der Waals surface area contributed by atoms with Crippen LogP contribution in [0.2, 0.25) is 0 Å². The van der Waals surface area contributed by atoms with Crippen LogP contribution in [-0.4, -0.2) is 16.6 Å². The molecule has 0 N–H and O–H groups in total. The maximum Gasteiger partial charge on any atom is 0.216 e. The molecule has 0 radical (unpaired) electrons. The van der Waals surface area contributed by atoms with Crippen molar-refractivity contribution in [1.29, 1.82) is 0 Å². The molecule has 0 atom stereocenters. The summed E-state index contributed by atoms with van der Waals surface area (Å²) in [5.74, 6) is 0.291. The maximum atomic E-state index is 12.6. The van der Waals surface area contributed by atoms with Crippen molar-refractivity contribution in [3.8, 4) is 0 Å². The number of carbonyl (C=O) groups is 2. The Hall–Kier alpha value is -4.25. The third kappa shape index (κ3) is 3.02. The topological polar surface area (TPSA) is 63.4 Å². The molecule has 0 aliphatic heterocycles. The van der Waals surface area contributed by atoms with Gasteiger partial charge in [-0.05, 0) is 48.5 Å². The van der Waals surface area contributed by atoms with Crippen LogP contribution in [0.25, 0.3) is 6.08 Å². The minimum atomic E-state index is -0.378. The van der Waals surface area contributed by atoms with Crippen LogP contribution >= 0.6 is 0 Å². The van der Waals surface area contributed by atoms with Gasteiger partial charge in [0.05, 0.1) is 11.1 Å². The molecule has 144 valence electrons. The number of fused-ring (bicyclic) bond motifs is 1. The van der Waals surface area contributed by atoms with Gasteiger partial charge >= 0.3 is 0 Å². The zero-order valence-corrected chi connectivity index (χ0v) is 15.9. The third-order valence-electron chi connectivity index (χ3n) is 4.91. The van der Waals surface area contributed by atoms with Gasteiger partial charge in [0.2, 0.25) is 11.7 Å². The molecule has 5 rings (SSSR count). The average Bonchev–Trinajstić information content (AvgIpc) is 3.35. The number of ketones is 2. The number of nitrogens with zero attached hydrogens (tertiary/aromatic N) is 2. The third-order valence-corrected chi connectivity index (χ3v) is 4.91. The van der Waals surface area contributed by atoms with Gasteiger partial charge in [0.1, 0.15) is 11.5 Å². The molecule has 0 spiro atoms. The lowest BCUT2D eigenvalue weighted by atomic mass is 10.1. The minimum absolute atomic E-state index is 0.0653. The van der Waals surface area contributed by atoms with Gasteiger partial charge in [-0.15, -0.1) is 0 Å². The molecule has 4 aromatic rings. The molecule has 1 aliphatic rings. The Morgan fingerprint density at radius 1 is 0.733 bits per heavy atom. The van der Waals surface area contributed by atoms with Crippen LogP contribution in [0.15, 0.2) is 101 Å². The summed E-state index contributed by atoms with van der Waals surface area (Å²) >= 11 is 0. The van der Waals surface area contributed by atoms with Crippen molar-refractivity contribution >= 4 is 34.9 Å². The zero-order chi connectivity index (χ0) is 20.5. The van der Waals surface area contributed by atoms with E-state index >= 15 is 0 Å². The summed E-state index contributed by atoms with van der Waals surface area (Å²) in [4.78, 5) is 31.2. The van der Waals surface area contributed by atoms with Crippen molar-refractivity contribution in [2.24, 2.45) is 0 Å². The smallest absolute Gasteiger partial charge is 0.216 e. The van der Waals surface area contributed by atoms with E-state index in [0.717, 1.165) is 11.4 Å². The van der Waals surface area contributed by atoms with Gasteiger partial charge in [-0.25, -0.2) is 0 Å². The molecular formula is C25H16N2O3. The number of aromatic nitrogens is 1. The number of hydrogen-bond donors (Lipinski definition) is 0. The number of allylic oxidation sites excluding steroid dienone is 1. The first-order valence-corrected chi connectivity index (χ1v) is 9.48. The van der Waals surface area contributed by atoms with Gasteiger partial charge in [-0.3, -0.25) is 19.5 Å². The molecule has 0 unspecified atom stereocenters. The fourth-order valence-electron chi connectivity index (χ4n) is 3.52. The number of hydrogen-bond acceptors (Lipinski definition) is 5. The van der Waals surface area contributed by atoms with Crippen molar-refractivity contribution < 1.29 is 14.0 Å². The van der Waals surface area contributed by atoms with E-state index in [2.05, 4.69) is 4.98 Å². The summed E-state index contributed by atoms with van der Waals surface area (Å²) < 4.78 is 6.04. The molecule has 5 nitrogen and oxygen atoms in total. The van der Waals surface area contributed by atoms with Crippen molar-refractivity contribution in [2.75, 3.05) is 4.90 Å². The second kappa shape index (κ2) is 7.29. The second-order valence-corrected chi connectivity index (χ2v) is 6.80. The number of Topliss-reactive ketones (excluding diaryl/α,β-unsaturated/α-hetero) is 2. The van der Waals surface area contributed by atoms with Gasteiger partial charge < -0.3 is 4.42 Å². The van der Waals surface area contributed by atoms with Crippen LogP contribution in [0, 0.1) is 0 Å². The number of pyridine rings is 1. The Balaban J connectivity index is 1.54. The Morgan fingerprint density at radius 2 is 1.40 bits per heavy atom. The highest BCUT2D eigenvalue weighted by atomic mass is 16.4. The number of carbonyl (C=O) groups excluding carboxylic acids is 2. The molecule has 2 heterocycles. The van der Waals surface area contributed by atoms with Crippen molar-refractivity contribution in [1.82, 2.24) is 4.98 Å². The van der Waals surface area contributed by atoms with Crippen LogP contribution in [0.3, 0.4) is 0 Å². The Morgan fingerprint density at radius 3 is 2.03 bits per heavy atom. The van der Waals surface area contributed by atoms with Crippen LogP contribution in [-0.2, 0) is 0 Å². The van der Waals surface area contributed by atoms with Crippen molar-refractivity contribution in [2.45, 2.75) is 0 Å². The normalized spacial score (nSPS) is 14.2. The van der Waals surface area contributed by atoms with Crippen molar-refractivity contribution in [3.63, 3.8) is 0 Å². The largest absolute Gasteiger partial charge is 0.440 e. The van der Waals surface area contributed by atoms with Gasteiger partial charge in [-0.2, -0.15) is 0 Å². The first kappa shape index (κ1) is 17.8. The number of furan rings is 1. The number of anilines is 3. The van der Waals surface area contributed by atoms with E-state index in [1.165, 1.54) is 12.3 Å². The lowest BCUT2D eigenvalue weighted by Crippen LogP contribution is -2.08. The molecule has 0 bridgehead atoms. The summed E-state index contributed by atoms with van der Waals surface area (Å²) in [6.45, 7) is 0. The second-order valence-electron chi connectivity index (χ2n) is 6.80. The zero-order valence-electron chi connectivity index (χ0n) is 15.9. The molecule has 2 aromatic carbocycles. The van der Waals surface area contributed by atoms with E-state index in [1.54, 1.807) is 18.2 Å². The molecule has 5 heteroatoms. The summed E-state index contributed by atoms with van der Waals surface area (Å²) in [5, 5.41) is 0. The monoisotopic (exact) mass is 392 g/mol. The Bertz CT molecular complexity index is 1200. The highest BCUT2D eigenvalue weighted by molar-refractivity contribution is 6.40. The quantitative estimate of drug-likeness (QED) is 0.334. The van der Waals surface area contributed by atoms with Gasteiger partial charge in [0.15, 0.2) is 5.78 Å². The molecule has 0 saturated heterocycles. The van der Waals surface area contributed by atoms with Crippen molar-refractivity contribution in [3.05, 3.63) is 114 Å². The van der Waals surface area contributed by atoms with Gasteiger partial charge in [-0.1, -0.05) is 36.4 Å². The maximum absolute atomic E-state index is 12.6. The van der Waals surface area contributed by atoms with Crippen LogP contribution in [0.1, 0.15) is 26.6 Å². The summed E-state index contributed by atoms with van der Waals surface area (Å²) in [5.41, 5.74) is 2.45. The molecule has 30 heavy (non-hydrogen) atoms. The predicted octanol–water partition coefficient (Wildman–Crippen LogP) is 5.61. The van der Waals surface area contributed by atoms with E-state index in [-0.39, 0.29) is 22.8 Å². The average molecular weight is 392 g/mol. The van der Waals surface area contributed by atoms with E-state index in [1.807, 2.05) is 71.6 Å². The SMILES string of the molecule is O=C1/C(=C/c2ccc(N(c3ccccc3)c3ccccc3)o2)C(=O)c2ncccc21. The van der Waals surface area contributed by atoms with E-state index in [9.17, 15) is 9.59 Å². The van der Waals surface area contributed by atoms with E-state index < -0.39 is 0 Å². The predicted molar refractivity (Wildman–Crippen MR) is 114 cm³/mol. The first-order chi connectivity index (χ1) is 14.7. The fraction of sp³-hybridized carbons (Fsp3) is 0. The highest BCUT2D eigenvalue weighted by Crippen LogP contribution is 2.36. The Kier molecular flexibility index (Phi) is 4.33. The minimum Gasteiger partial charge on any atom is -0.440 e. The van der Waals surface area contributed by atoms with E-state index in [4.69, 9.17) is 4.42 Å². The van der Waals surface area contributed by atoms with E-state index in [0.29, 0.717) is 17.2 Å². The molecule has 0 saturated carbocycles. The standard InChI is InChI=1S/C25H16N2O3/c28-24-20-12-7-15-26-23(20)25(29)21(24)16-19-13-14-22(30-19)27(17-8-3-1-4-9-17)18-10-5-2-6-11-18/h1-16H/b21-16-. The first-order valence-electron chi connectivity index (χ1n) is 9.48. The Labute approximate surface area is 172 Å². The summed E-state index contributed by atoms with van der Waals surface area (Å²) in [7, 11) is 0. The fourth-order valence-corrected chi connectivity index (χ4v) is 3.52. The summed E-state index contributed by atoms with van der Waals surface area (Å²) in [6.07, 6.45) is 3.00. The van der Waals surface area contributed by atoms with Crippen LogP contribution in [0.5, 0.6) is 0 Å². The molecule has 1 aliphatic carbocycles. The van der Waals surface area contributed by atoms with Gasteiger partial charge in [0, 0.05) is 23.6 Å². The number of rotatable bonds is 4. The van der Waals surface area contributed by atoms with Gasteiger partial charge in [0.25, 0.3) is 0 Å². The molecule has 2 aromatic heterocycles. The lowest BCUT2D eigenvalue weighted by molar-refractivity contribution is 0.0989. The molecule has 0 fully saturated rings.